The molecule has 10 unspecified atom stereocenters. The maximum Gasteiger partial charge on any atom is 0.205 e. The number of nitrogens with two attached hydrogens (primary N) is 1. The lowest BCUT2D eigenvalue weighted by Gasteiger charge is -2.44. The SMILES string of the molecule is NOC1OC(CO)C(OC2OC(CO)C(O)C(N=O)C2O)C(N=O)C1O. The zero-order valence-corrected chi connectivity index (χ0v) is 13.3. The molecule has 26 heavy (non-hydrogen) atoms. The van der Waals surface area contributed by atoms with Gasteiger partial charge in [0.25, 0.3) is 0 Å². The van der Waals surface area contributed by atoms with Gasteiger partial charge in [-0.25, -0.2) is 5.90 Å². The van der Waals surface area contributed by atoms with Gasteiger partial charge in [0.1, 0.15) is 36.6 Å². The zero-order valence-electron chi connectivity index (χ0n) is 13.3. The molecule has 2 aliphatic rings. The van der Waals surface area contributed by atoms with Crippen LogP contribution in [0.25, 0.3) is 0 Å². The lowest BCUT2D eigenvalue weighted by Crippen LogP contribution is -2.64. The molecule has 150 valence electrons. The first-order valence-corrected chi connectivity index (χ1v) is 7.66. The highest BCUT2D eigenvalue weighted by atomic mass is 16.8. The molecular weight excluding hydrogens is 362 g/mol. The maximum atomic E-state index is 11.1. The van der Waals surface area contributed by atoms with Crippen molar-refractivity contribution in [3.8, 4) is 0 Å². The summed E-state index contributed by atoms with van der Waals surface area (Å²) in [5.74, 6) is 4.95. The molecule has 2 aliphatic heterocycles. The number of hydrogen-bond acceptors (Lipinski definition) is 14. The summed E-state index contributed by atoms with van der Waals surface area (Å²) in [6, 6.07) is -3.12. The van der Waals surface area contributed by atoms with E-state index in [1.54, 1.807) is 0 Å². The average molecular weight is 383 g/mol. The maximum absolute atomic E-state index is 11.1. The first-order valence-electron chi connectivity index (χ1n) is 7.66. The van der Waals surface area contributed by atoms with Crippen LogP contribution in [0, 0.1) is 9.81 Å². The third-order valence-electron chi connectivity index (χ3n) is 4.34. The Morgan fingerprint density at radius 1 is 0.846 bits per heavy atom. The molecule has 0 amide bonds. The number of aliphatic hydroxyl groups excluding tert-OH is 5. The van der Waals surface area contributed by atoms with Gasteiger partial charge >= 0.3 is 0 Å². The van der Waals surface area contributed by atoms with E-state index in [1.165, 1.54) is 0 Å². The van der Waals surface area contributed by atoms with Crippen LogP contribution in [0.5, 0.6) is 0 Å². The van der Waals surface area contributed by atoms with Crippen LogP contribution in [0.4, 0.5) is 0 Å². The molecular formula is C12H21N3O11. The van der Waals surface area contributed by atoms with Crippen molar-refractivity contribution in [2.24, 2.45) is 16.3 Å². The van der Waals surface area contributed by atoms with Crippen LogP contribution in [0.2, 0.25) is 0 Å². The van der Waals surface area contributed by atoms with Crippen molar-refractivity contribution in [1.82, 2.24) is 0 Å². The highest BCUT2D eigenvalue weighted by Gasteiger charge is 2.52. The molecule has 2 rings (SSSR count). The summed E-state index contributed by atoms with van der Waals surface area (Å²) in [5, 5.41) is 53.9. The highest BCUT2D eigenvalue weighted by molar-refractivity contribution is 4.98. The molecule has 7 N–H and O–H groups in total. The Hall–Kier alpha value is -1.20. The Balaban J connectivity index is 2.22. The van der Waals surface area contributed by atoms with Crippen molar-refractivity contribution in [3.05, 3.63) is 9.81 Å². The van der Waals surface area contributed by atoms with Crippen LogP contribution in [0.3, 0.4) is 0 Å². The Bertz CT molecular complexity index is 485. The summed E-state index contributed by atoms with van der Waals surface area (Å²) in [6.07, 6.45) is -12.1. The molecule has 10 atom stereocenters. The van der Waals surface area contributed by atoms with Gasteiger partial charge in [-0.15, -0.1) is 0 Å². The fourth-order valence-electron chi connectivity index (χ4n) is 2.91. The van der Waals surface area contributed by atoms with E-state index in [1.807, 2.05) is 0 Å². The molecule has 14 nitrogen and oxygen atoms in total. The molecule has 2 fully saturated rings. The van der Waals surface area contributed by atoms with Gasteiger partial charge in [0.15, 0.2) is 18.4 Å². The lowest BCUT2D eigenvalue weighted by atomic mass is 9.95. The summed E-state index contributed by atoms with van der Waals surface area (Å²) in [5.41, 5.74) is 0. The van der Waals surface area contributed by atoms with Crippen molar-refractivity contribution >= 4 is 0 Å². The summed E-state index contributed by atoms with van der Waals surface area (Å²) >= 11 is 0. The molecule has 0 saturated carbocycles. The van der Waals surface area contributed by atoms with Gasteiger partial charge in [0.2, 0.25) is 6.29 Å². The number of rotatable bonds is 7. The molecule has 0 radical (unpaired) electrons. The van der Waals surface area contributed by atoms with E-state index in [0.717, 1.165) is 0 Å². The summed E-state index contributed by atoms with van der Waals surface area (Å²) in [7, 11) is 0. The molecule has 2 saturated heterocycles. The van der Waals surface area contributed by atoms with Crippen molar-refractivity contribution in [2.75, 3.05) is 13.2 Å². The van der Waals surface area contributed by atoms with Crippen LogP contribution < -0.4 is 5.90 Å². The molecule has 0 aromatic carbocycles. The monoisotopic (exact) mass is 383 g/mol. The first-order chi connectivity index (χ1) is 12.4. The predicted octanol–water partition coefficient (Wildman–Crippen LogP) is -3.95. The van der Waals surface area contributed by atoms with Crippen LogP contribution in [-0.4, -0.2) is 100 Å². The smallest absolute Gasteiger partial charge is 0.205 e. The molecule has 14 heteroatoms. The number of aliphatic hydroxyl groups is 5. The van der Waals surface area contributed by atoms with Gasteiger partial charge in [-0.3, -0.25) is 4.84 Å². The van der Waals surface area contributed by atoms with Gasteiger partial charge in [-0.2, -0.15) is 9.81 Å². The van der Waals surface area contributed by atoms with Gasteiger partial charge < -0.3 is 39.7 Å². The third kappa shape index (κ3) is 3.89. The van der Waals surface area contributed by atoms with Gasteiger partial charge in [-0.1, -0.05) is 10.4 Å². The van der Waals surface area contributed by atoms with Gasteiger partial charge in [0.05, 0.1) is 13.2 Å². The minimum atomic E-state index is -1.77. The fourth-order valence-corrected chi connectivity index (χ4v) is 2.91. The fraction of sp³-hybridized carbons (Fsp3) is 1.00. The van der Waals surface area contributed by atoms with E-state index in [9.17, 15) is 35.3 Å². The summed E-state index contributed by atoms with van der Waals surface area (Å²) in [4.78, 5) is 26.4. The Kier molecular flexibility index (Phi) is 7.42. The molecule has 0 spiro atoms. The Morgan fingerprint density at radius 2 is 1.38 bits per heavy atom. The minimum absolute atomic E-state index is 0.701. The topological polar surface area (TPSA) is 223 Å². The molecule has 0 bridgehead atoms. The number of ether oxygens (including phenoxy) is 3. The summed E-state index contributed by atoms with van der Waals surface area (Å²) < 4.78 is 15.7. The second-order valence-corrected chi connectivity index (χ2v) is 5.85. The lowest BCUT2D eigenvalue weighted by molar-refractivity contribution is -0.334. The number of hydrogen-bond donors (Lipinski definition) is 6. The predicted molar refractivity (Wildman–Crippen MR) is 78.8 cm³/mol. The zero-order chi connectivity index (χ0) is 19.4. The van der Waals surface area contributed by atoms with E-state index >= 15 is 0 Å². The van der Waals surface area contributed by atoms with Crippen molar-refractivity contribution in [2.45, 2.75) is 61.3 Å². The molecule has 0 aromatic heterocycles. The molecule has 2 heterocycles. The Morgan fingerprint density at radius 3 is 1.88 bits per heavy atom. The van der Waals surface area contributed by atoms with E-state index in [4.69, 9.17) is 20.1 Å². The number of nitrogens with zero attached hydrogens (tertiary/aromatic N) is 2. The van der Waals surface area contributed by atoms with Crippen LogP contribution in [0.1, 0.15) is 0 Å². The molecule has 0 aromatic rings. The first kappa shape index (κ1) is 21.1. The average Bonchev–Trinajstić information content (AvgIpc) is 2.64. The standard InChI is InChI=1S/C12H21N3O11/c13-26-12-9(20)6(15-22)10(4(2-17)24-12)25-11-8(19)5(14-21)7(18)3(1-16)23-11/h3-12,16-20H,1-2,13H2. The summed E-state index contributed by atoms with van der Waals surface area (Å²) in [6.45, 7) is -1.42. The number of nitroso groups, excluding NO2 is 2. The van der Waals surface area contributed by atoms with Crippen LogP contribution >= 0.6 is 0 Å². The Labute approximate surface area is 146 Å². The van der Waals surface area contributed by atoms with Gasteiger partial charge in [0, 0.05) is 0 Å². The van der Waals surface area contributed by atoms with Crippen molar-refractivity contribution < 1.29 is 44.6 Å². The van der Waals surface area contributed by atoms with Crippen molar-refractivity contribution in [3.63, 3.8) is 0 Å². The van der Waals surface area contributed by atoms with E-state index in [-0.39, 0.29) is 0 Å². The largest absolute Gasteiger partial charge is 0.394 e. The third-order valence-corrected chi connectivity index (χ3v) is 4.34. The van der Waals surface area contributed by atoms with Crippen LogP contribution in [0.15, 0.2) is 10.4 Å². The van der Waals surface area contributed by atoms with E-state index < -0.39 is 74.5 Å². The van der Waals surface area contributed by atoms with Crippen LogP contribution in [-0.2, 0) is 19.0 Å². The van der Waals surface area contributed by atoms with E-state index in [0.29, 0.717) is 0 Å². The van der Waals surface area contributed by atoms with Gasteiger partial charge in [-0.05, 0) is 0 Å². The quantitative estimate of drug-likeness (QED) is 0.183. The second kappa shape index (κ2) is 9.14. The minimum Gasteiger partial charge on any atom is -0.394 e. The molecule has 0 aliphatic carbocycles. The van der Waals surface area contributed by atoms with Crippen molar-refractivity contribution in [1.29, 1.82) is 0 Å². The second-order valence-electron chi connectivity index (χ2n) is 5.85. The highest BCUT2D eigenvalue weighted by Crippen LogP contribution is 2.31. The normalized spacial score (nSPS) is 46.7. The van der Waals surface area contributed by atoms with E-state index in [2.05, 4.69) is 15.2 Å².